The van der Waals surface area contributed by atoms with Gasteiger partial charge >= 0.3 is 0 Å². The van der Waals surface area contributed by atoms with E-state index in [0.717, 1.165) is 29.7 Å². The fraction of sp³-hybridized carbons (Fsp3) is 0.0526. The van der Waals surface area contributed by atoms with E-state index in [9.17, 15) is 22.0 Å². The average molecular weight is 481 g/mol. The number of carbonyl (C=O) groups excluding carboxylic acids is 1. The summed E-state index contributed by atoms with van der Waals surface area (Å²) in [6, 6.07) is 8.91. The van der Waals surface area contributed by atoms with Crippen LogP contribution in [0.2, 0.25) is 5.02 Å². The first-order valence-electron chi connectivity index (χ1n) is 8.58. The summed E-state index contributed by atoms with van der Waals surface area (Å²) in [6.45, 7) is 0. The van der Waals surface area contributed by atoms with Crippen LogP contribution >= 0.6 is 22.9 Å². The van der Waals surface area contributed by atoms with Crippen molar-refractivity contribution in [3.8, 4) is 0 Å². The predicted molar refractivity (Wildman–Crippen MR) is 112 cm³/mol. The molecule has 0 atom stereocenters. The molecule has 0 unspecified atom stereocenters. The van der Waals surface area contributed by atoms with E-state index in [1.165, 1.54) is 30.3 Å². The quantitative estimate of drug-likeness (QED) is 0.428. The second-order valence-corrected chi connectivity index (χ2v) is 9.64. The van der Waals surface area contributed by atoms with Crippen LogP contribution in [0.4, 0.5) is 13.9 Å². The molecule has 7 nitrogen and oxygen atoms in total. The molecule has 0 aliphatic carbocycles. The van der Waals surface area contributed by atoms with E-state index < -0.39 is 38.3 Å². The van der Waals surface area contributed by atoms with E-state index in [-0.39, 0.29) is 15.8 Å². The van der Waals surface area contributed by atoms with E-state index in [1.54, 1.807) is 0 Å². The summed E-state index contributed by atoms with van der Waals surface area (Å²) >= 11 is 7.03. The van der Waals surface area contributed by atoms with Crippen LogP contribution in [0.15, 0.2) is 53.8 Å². The Morgan fingerprint density at radius 3 is 2.52 bits per heavy atom. The summed E-state index contributed by atoms with van der Waals surface area (Å²) in [5, 5.41) is 1.88. The number of amides is 1. The standard InChI is InChI=1S/C19H11ClF2N4O3S2/c20-13-8-23-19(31(28,29)9-10-1-3-11(21)4-2-10)25-16(13)17(27)26-18-24-14-6-5-12(22)7-15(14)30-18/h1-8H,9H2,(H,24,26,27). The molecule has 2 aromatic heterocycles. The number of thiazole rings is 1. The molecule has 0 spiro atoms. The zero-order valence-corrected chi connectivity index (χ0v) is 17.7. The number of hydrogen-bond acceptors (Lipinski definition) is 7. The summed E-state index contributed by atoms with van der Waals surface area (Å²) in [5.74, 6) is -2.23. The van der Waals surface area contributed by atoms with Crippen LogP contribution in [0, 0.1) is 11.6 Å². The number of carbonyl (C=O) groups is 1. The molecule has 2 aromatic carbocycles. The van der Waals surface area contributed by atoms with Gasteiger partial charge < -0.3 is 0 Å². The molecular weight excluding hydrogens is 470 g/mol. The van der Waals surface area contributed by atoms with Gasteiger partial charge in [0.05, 0.1) is 27.2 Å². The first-order chi connectivity index (χ1) is 14.7. The molecule has 4 rings (SSSR count). The summed E-state index contributed by atoms with van der Waals surface area (Å²) in [4.78, 5) is 24.3. The molecule has 1 amide bonds. The van der Waals surface area contributed by atoms with Crippen molar-refractivity contribution in [1.29, 1.82) is 0 Å². The van der Waals surface area contributed by atoms with Gasteiger partial charge in [-0.1, -0.05) is 35.1 Å². The zero-order valence-electron chi connectivity index (χ0n) is 15.3. The Kier molecular flexibility index (Phi) is 5.65. The highest BCUT2D eigenvalue weighted by Gasteiger charge is 2.23. The number of sulfone groups is 1. The number of halogens is 3. The summed E-state index contributed by atoms with van der Waals surface area (Å²) < 4.78 is 52.2. The van der Waals surface area contributed by atoms with Gasteiger partial charge in [0, 0.05) is 0 Å². The third-order valence-corrected chi connectivity index (χ3v) is 6.73. The van der Waals surface area contributed by atoms with Crippen molar-refractivity contribution < 1.29 is 22.0 Å². The lowest BCUT2D eigenvalue weighted by Crippen LogP contribution is -2.18. The molecule has 0 fully saturated rings. The third kappa shape index (κ3) is 4.68. The lowest BCUT2D eigenvalue weighted by atomic mass is 10.2. The van der Waals surface area contributed by atoms with E-state index in [0.29, 0.717) is 15.8 Å². The normalized spacial score (nSPS) is 11.6. The molecule has 4 aromatic rings. The molecule has 31 heavy (non-hydrogen) atoms. The minimum atomic E-state index is -4.04. The summed E-state index contributed by atoms with van der Waals surface area (Å²) in [6.07, 6.45) is 1.01. The Morgan fingerprint density at radius 1 is 1.06 bits per heavy atom. The maximum absolute atomic E-state index is 13.3. The molecule has 0 aliphatic heterocycles. The lowest BCUT2D eigenvalue weighted by Gasteiger charge is -2.07. The van der Waals surface area contributed by atoms with Crippen molar-refractivity contribution in [3.63, 3.8) is 0 Å². The largest absolute Gasteiger partial charge is 0.296 e. The Morgan fingerprint density at radius 2 is 1.77 bits per heavy atom. The molecule has 0 saturated carbocycles. The van der Waals surface area contributed by atoms with Gasteiger partial charge in [0.1, 0.15) is 11.6 Å². The molecule has 0 bridgehead atoms. The van der Waals surface area contributed by atoms with Gasteiger partial charge in [-0.3, -0.25) is 10.1 Å². The van der Waals surface area contributed by atoms with E-state index in [1.807, 2.05) is 0 Å². The van der Waals surface area contributed by atoms with Crippen LogP contribution < -0.4 is 5.32 Å². The highest BCUT2D eigenvalue weighted by Crippen LogP contribution is 2.27. The molecule has 0 aliphatic rings. The van der Waals surface area contributed by atoms with Gasteiger partial charge in [-0.2, -0.15) is 0 Å². The van der Waals surface area contributed by atoms with Crippen LogP contribution in [0.25, 0.3) is 10.2 Å². The van der Waals surface area contributed by atoms with Crippen molar-refractivity contribution in [2.75, 3.05) is 5.32 Å². The van der Waals surface area contributed by atoms with Crippen LogP contribution in [0.3, 0.4) is 0 Å². The molecule has 1 N–H and O–H groups in total. The maximum Gasteiger partial charge on any atom is 0.277 e. The first kappa shape index (κ1) is 21.2. The van der Waals surface area contributed by atoms with Crippen LogP contribution in [0.5, 0.6) is 0 Å². The monoisotopic (exact) mass is 480 g/mol. The number of nitrogens with zero attached hydrogens (tertiary/aromatic N) is 3. The van der Waals surface area contributed by atoms with Crippen molar-refractivity contribution >= 4 is 54.0 Å². The highest BCUT2D eigenvalue weighted by molar-refractivity contribution is 7.90. The second-order valence-electron chi connectivity index (χ2n) is 6.32. The third-order valence-electron chi connectivity index (χ3n) is 4.06. The Hall–Kier alpha value is -3.02. The fourth-order valence-electron chi connectivity index (χ4n) is 2.63. The fourth-order valence-corrected chi connectivity index (χ4v) is 4.90. The van der Waals surface area contributed by atoms with Gasteiger partial charge in [-0.25, -0.2) is 32.2 Å². The Balaban J connectivity index is 1.60. The topological polar surface area (TPSA) is 102 Å². The number of anilines is 1. The molecule has 12 heteroatoms. The minimum Gasteiger partial charge on any atom is -0.296 e. The SMILES string of the molecule is O=C(Nc1nc2ccc(F)cc2s1)c1nc(S(=O)(=O)Cc2ccc(F)cc2)ncc1Cl. The van der Waals surface area contributed by atoms with Gasteiger partial charge in [-0.15, -0.1) is 0 Å². The highest BCUT2D eigenvalue weighted by atomic mass is 35.5. The van der Waals surface area contributed by atoms with Crippen LogP contribution in [-0.2, 0) is 15.6 Å². The summed E-state index contributed by atoms with van der Waals surface area (Å²) in [5.41, 5.74) is 0.450. The number of nitrogens with one attached hydrogen (secondary N) is 1. The molecule has 0 radical (unpaired) electrons. The minimum absolute atomic E-state index is 0.162. The number of aromatic nitrogens is 3. The van der Waals surface area contributed by atoms with E-state index in [2.05, 4.69) is 20.3 Å². The van der Waals surface area contributed by atoms with Gasteiger partial charge in [0.2, 0.25) is 15.0 Å². The maximum atomic E-state index is 13.3. The number of benzene rings is 2. The van der Waals surface area contributed by atoms with Crippen molar-refractivity contribution in [2.24, 2.45) is 0 Å². The van der Waals surface area contributed by atoms with Gasteiger partial charge in [0.25, 0.3) is 5.91 Å². The lowest BCUT2D eigenvalue weighted by molar-refractivity contribution is 0.102. The molecule has 2 heterocycles. The van der Waals surface area contributed by atoms with E-state index in [4.69, 9.17) is 11.6 Å². The average Bonchev–Trinajstić information content (AvgIpc) is 3.11. The van der Waals surface area contributed by atoms with E-state index >= 15 is 0 Å². The van der Waals surface area contributed by atoms with Gasteiger partial charge in [-0.05, 0) is 35.9 Å². The van der Waals surface area contributed by atoms with Crippen LogP contribution in [0.1, 0.15) is 16.1 Å². The van der Waals surface area contributed by atoms with Crippen LogP contribution in [-0.4, -0.2) is 29.3 Å². The van der Waals surface area contributed by atoms with Crippen molar-refractivity contribution in [2.45, 2.75) is 10.9 Å². The first-order valence-corrected chi connectivity index (χ1v) is 11.4. The van der Waals surface area contributed by atoms with Gasteiger partial charge in [0.15, 0.2) is 10.8 Å². The second kappa shape index (κ2) is 8.25. The smallest absolute Gasteiger partial charge is 0.277 e. The summed E-state index contributed by atoms with van der Waals surface area (Å²) in [7, 11) is -4.04. The van der Waals surface area contributed by atoms with Crippen molar-refractivity contribution in [3.05, 3.63) is 76.6 Å². The zero-order chi connectivity index (χ0) is 22.2. The predicted octanol–water partition coefficient (Wildman–Crippen LogP) is 4.24. The van der Waals surface area contributed by atoms with Crippen molar-refractivity contribution in [1.82, 2.24) is 15.0 Å². The molecular formula is C19H11ClF2N4O3S2. The number of rotatable bonds is 5. The Labute approximate surface area is 183 Å². The Bertz CT molecular complexity index is 1410. The molecule has 0 saturated heterocycles. The molecule has 158 valence electrons. The number of fused-ring (bicyclic) bond motifs is 1. The number of hydrogen-bond donors (Lipinski definition) is 1.